The molecule has 0 heterocycles. The molecule has 43 heavy (non-hydrogen) atoms. The van der Waals surface area contributed by atoms with Crippen LogP contribution in [-0.4, -0.2) is 9.52 Å². The first-order valence-corrected chi connectivity index (χ1v) is 17.2. The van der Waals surface area contributed by atoms with Crippen molar-refractivity contribution in [3.63, 3.8) is 0 Å². The van der Waals surface area contributed by atoms with Gasteiger partial charge in [-0.25, -0.2) is 0 Å². The summed E-state index contributed by atoms with van der Waals surface area (Å²) in [6.07, 6.45) is 8.45. The predicted molar refractivity (Wildman–Crippen MR) is 176 cm³/mol. The van der Waals surface area contributed by atoms with Gasteiger partial charge in [0.2, 0.25) is 0 Å². The molecule has 0 saturated carbocycles. The summed E-state index contributed by atoms with van der Waals surface area (Å²) >= 11 is 0. The van der Waals surface area contributed by atoms with Crippen molar-refractivity contribution in [3.8, 4) is 22.3 Å². The third kappa shape index (κ3) is 6.89. The molecular formula is C39H38Cl2SiZr. The zero-order valence-electron chi connectivity index (χ0n) is 25.3. The van der Waals surface area contributed by atoms with Gasteiger partial charge in [-0.1, -0.05) is 129 Å². The van der Waals surface area contributed by atoms with Crippen LogP contribution >= 0.6 is 0 Å². The van der Waals surface area contributed by atoms with Gasteiger partial charge in [-0.15, -0.1) is 16.7 Å². The number of rotatable bonds is 6. The van der Waals surface area contributed by atoms with Crippen LogP contribution in [-0.2, 0) is 32.6 Å². The Morgan fingerprint density at radius 1 is 0.744 bits per heavy atom. The number of hydrogen-bond donors (Lipinski definition) is 0. The van der Waals surface area contributed by atoms with Crippen molar-refractivity contribution in [1.29, 1.82) is 0 Å². The van der Waals surface area contributed by atoms with Crippen LogP contribution in [0.3, 0.4) is 0 Å². The number of allylic oxidation sites excluding steroid dienone is 1. The van der Waals surface area contributed by atoms with Crippen LogP contribution in [0.1, 0.15) is 66.3 Å². The molecule has 0 aliphatic heterocycles. The molecule has 7 rings (SSSR count). The summed E-state index contributed by atoms with van der Waals surface area (Å²) in [5, 5.41) is 2.62. The van der Waals surface area contributed by atoms with E-state index in [1.807, 2.05) is 0 Å². The van der Waals surface area contributed by atoms with E-state index >= 15 is 0 Å². The fraction of sp³-hybridized carbons (Fsp3) is 0.231. The van der Waals surface area contributed by atoms with Crippen molar-refractivity contribution in [2.75, 3.05) is 0 Å². The Bertz CT molecular complexity index is 1700. The molecule has 0 bridgehead atoms. The molecule has 2 aliphatic rings. The Morgan fingerprint density at radius 3 is 2.23 bits per heavy atom. The molecule has 0 saturated heterocycles. The van der Waals surface area contributed by atoms with Gasteiger partial charge in [-0.3, -0.25) is 0 Å². The molecule has 1 unspecified atom stereocenters. The summed E-state index contributed by atoms with van der Waals surface area (Å²) in [7, 11) is 0.750. The summed E-state index contributed by atoms with van der Waals surface area (Å²) in [5.74, 6) is 0.283. The Hall–Kier alpha value is -2.22. The molecule has 2 aliphatic carbocycles. The van der Waals surface area contributed by atoms with Gasteiger partial charge in [-0.05, 0) is 63.4 Å². The van der Waals surface area contributed by atoms with Gasteiger partial charge >= 0.3 is 26.2 Å². The quantitative estimate of drug-likeness (QED) is 0.137. The summed E-state index contributed by atoms with van der Waals surface area (Å²) in [6.45, 7) is 6.71. The number of fused-ring (bicyclic) bond motifs is 5. The van der Waals surface area contributed by atoms with E-state index in [2.05, 4.69) is 129 Å². The predicted octanol–water partition coefficient (Wildman–Crippen LogP) is 4.51. The largest absolute Gasteiger partial charge is 3.00 e. The van der Waals surface area contributed by atoms with Gasteiger partial charge in [0.15, 0.2) is 0 Å². The second-order valence-corrected chi connectivity index (χ2v) is 12.3. The van der Waals surface area contributed by atoms with Crippen LogP contribution in [0.5, 0.6) is 0 Å². The minimum Gasteiger partial charge on any atom is -1.00 e. The van der Waals surface area contributed by atoms with Crippen molar-refractivity contribution in [1.82, 2.24) is 0 Å². The summed E-state index contributed by atoms with van der Waals surface area (Å²) in [4.78, 5) is 0. The molecule has 5 aromatic rings. The molecule has 0 amide bonds. The van der Waals surface area contributed by atoms with E-state index in [1.165, 1.54) is 80.1 Å². The minimum atomic E-state index is 0. The number of halogens is 2. The van der Waals surface area contributed by atoms with Crippen molar-refractivity contribution in [2.45, 2.75) is 58.0 Å². The van der Waals surface area contributed by atoms with Crippen molar-refractivity contribution >= 4 is 26.4 Å². The van der Waals surface area contributed by atoms with Gasteiger partial charge in [0.05, 0.1) is 0 Å². The second kappa shape index (κ2) is 16.2. The first kappa shape index (κ1) is 35.3. The second-order valence-electron chi connectivity index (χ2n) is 11.1. The standard InChI is InChI=1S/C37H31.C2H7Si.2ClH.Zr/c1-2-3-4-14-27-24-36-32(30-18-9-15-25-12-5-7-16-28(25)30)20-11-22-34(36)37(27)33-21-10-19-31-29-17-8-6-13-26(29)23-35(31)33;1-3-2;;;/h5-13,15-20,22,24,37H,2-4,14,23H2,1H3;3H,1-2H3;2*1H;/q-1;;;;+3/p-2. The van der Waals surface area contributed by atoms with Crippen LogP contribution < -0.4 is 24.8 Å². The van der Waals surface area contributed by atoms with Gasteiger partial charge < -0.3 is 24.8 Å². The topological polar surface area (TPSA) is 0 Å². The monoisotopic (exact) mass is 694 g/mol. The van der Waals surface area contributed by atoms with E-state index in [1.54, 1.807) is 5.57 Å². The first-order valence-electron chi connectivity index (χ1n) is 14.9. The maximum Gasteiger partial charge on any atom is 3.00 e. The van der Waals surface area contributed by atoms with Crippen molar-refractivity contribution in [2.24, 2.45) is 0 Å². The van der Waals surface area contributed by atoms with E-state index in [0.717, 1.165) is 22.4 Å². The smallest absolute Gasteiger partial charge is 1.00 e. The van der Waals surface area contributed by atoms with E-state index in [4.69, 9.17) is 0 Å². The number of benzene rings is 5. The molecule has 0 spiro atoms. The van der Waals surface area contributed by atoms with E-state index in [9.17, 15) is 0 Å². The summed E-state index contributed by atoms with van der Waals surface area (Å²) in [6, 6.07) is 39.5. The Morgan fingerprint density at radius 2 is 1.42 bits per heavy atom. The maximum absolute atomic E-state index is 3.75. The van der Waals surface area contributed by atoms with Crippen LogP contribution in [0.2, 0.25) is 13.1 Å². The number of unbranched alkanes of at least 4 members (excludes halogenated alkanes) is 2. The third-order valence-electron chi connectivity index (χ3n) is 8.40. The zero-order chi connectivity index (χ0) is 27.5. The van der Waals surface area contributed by atoms with Crippen LogP contribution in [0.4, 0.5) is 0 Å². The van der Waals surface area contributed by atoms with Gasteiger partial charge in [0.25, 0.3) is 0 Å². The summed E-state index contributed by atoms with van der Waals surface area (Å²) in [5.41, 5.74) is 14.2. The van der Waals surface area contributed by atoms with Crippen LogP contribution in [0, 0.1) is 6.07 Å². The van der Waals surface area contributed by atoms with Gasteiger partial charge in [-0.2, -0.15) is 18.2 Å². The Balaban J connectivity index is 0.000000812. The molecule has 0 fully saturated rings. The molecule has 0 aromatic heterocycles. The van der Waals surface area contributed by atoms with Crippen LogP contribution in [0.15, 0.2) is 103 Å². The van der Waals surface area contributed by atoms with Gasteiger partial charge in [0, 0.05) is 15.4 Å². The number of hydrogen-bond acceptors (Lipinski definition) is 0. The normalized spacial score (nSPS) is 13.7. The SMILES string of the molecule is CCCCCC1=Cc2c(-c3cccc4ccccc34)cccc2C1c1[c-]ccc2c1Cc1ccccc1-2.C[SiH]C.[Cl-].[Cl-].[Zr+3]. The summed E-state index contributed by atoms with van der Waals surface area (Å²) < 4.78 is 0. The Kier molecular flexibility index (Phi) is 13.3. The fourth-order valence-corrected chi connectivity index (χ4v) is 6.67. The molecule has 216 valence electrons. The van der Waals surface area contributed by atoms with Crippen molar-refractivity contribution < 1.29 is 51.0 Å². The molecule has 2 radical (unpaired) electrons. The van der Waals surface area contributed by atoms with E-state index in [-0.39, 0.29) is 56.9 Å². The first-order chi connectivity index (χ1) is 19.7. The Labute approximate surface area is 292 Å². The van der Waals surface area contributed by atoms with E-state index < -0.39 is 0 Å². The minimum absolute atomic E-state index is 0. The average molecular weight is 697 g/mol. The van der Waals surface area contributed by atoms with Crippen LogP contribution in [0.25, 0.3) is 39.1 Å². The molecule has 4 heteroatoms. The molecule has 0 N–H and O–H groups in total. The third-order valence-corrected chi connectivity index (χ3v) is 8.40. The molecule has 0 nitrogen and oxygen atoms in total. The molecule has 1 atom stereocenters. The maximum atomic E-state index is 3.75. The van der Waals surface area contributed by atoms with Crippen molar-refractivity contribution in [3.05, 3.63) is 137 Å². The fourth-order valence-electron chi connectivity index (χ4n) is 6.67. The van der Waals surface area contributed by atoms with Gasteiger partial charge in [0.1, 0.15) is 0 Å². The average Bonchev–Trinajstić information content (AvgIpc) is 3.56. The van der Waals surface area contributed by atoms with E-state index in [0.29, 0.717) is 0 Å². The molecule has 5 aromatic carbocycles. The zero-order valence-corrected chi connectivity index (χ0v) is 30.4. The molecular weight excluding hydrogens is 659 g/mol.